The highest BCUT2D eigenvalue weighted by Crippen LogP contribution is 2.28. The van der Waals surface area contributed by atoms with E-state index in [0.717, 1.165) is 15.4 Å². The number of nitrogens with one attached hydrogen (secondary N) is 1. The minimum Gasteiger partial charge on any atom is -0.494 e. The second-order valence-corrected chi connectivity index (χ2v) is 14.1. The lowest BCUT2D eigenvalue weighted by molar-refractivity contribution is -0.140. The number of aryl methyl sites for hydroxylation is 1. The number of amides is 2. The first kappa shape index (κ1) is 35.8. The van der Waals surface area contributed by atoms with Gasteiger partial charge in [-0.1, -0.05) is 77.3 Å². The number of benzene rings is 4. The second-order valence-electron chi connectivity index (χ2n) is 11.4. The fraction of sp³-hybridized carbons (Fsp3) is 0.278. The Morgan fingerprint density at radius 2 is 1.55 bits per heavy atom. The number of carbonyl (C=O) groups excluding carboxylic acids is 2. The van der Waals surface area contributed by atoms with E-state index in [1.54, 1.807) is 54.6 Å². The molecule has 11 heteroatoms. The first-order chi connectivity index (χ1) is 22.4. The Balaban J connectivity index is 1.82. The molecule has 4 rings (SSSR count). The Morgan fingerprint density at radius 1 is 0.894 bits per heavy atom. The molecule has 4 aromatic carbocycles. The standard InChI is InChI=1S/C36H39Cl2N3O5S/c1-5-46-31-17-15-30(16-18-31)41(47(44,45)32-19-11-26(4)12-20-32)24-35(42)40(23-28-13-14-29(37)22-33(28)38)34(36(43)39-25(2)3)21-27-9-7-6-8-10-27/h6-20,22,25,34H,5,21,23-24H2,1-4H3,(H,39,43). The molecule has 8 nitrogen and oxygen atoms in total. The fourth-order valence-corrected chi connectivity index (χ4v) is 6.89. The van der Waals surface area contributed by atoms with Crippen LogP contribution in [0.25, 0.3) is 0 Å². The zero-order valence-corrected chi connectivity index (χ0v) is 29.1. The molecule has 0 saturated heterocycles. The number of ether oxygens (including phenoxy) is 1. The molecule has 0 radical (unpaired) electrons. The van der Waals surface area contributed by atoms with Gasteiger partial charge in [-0.15, -0.1) is 0 Å². The van der Waals surface area contributed by atoms with Crippen molar-refractivity contribution in [3.63, 3.8) is 0 Å². The summed E-state index contributed by atoms with van der Waals surface area (Å²) in [5.74, 6) is -0.417. The van der Waals surface area contributed by atoms with Crippen LogP contribution in [0, 0.1) is 6.92 Å². The smallest absolute Gasteiger partial charge is 0.264 e. The molecule has 1 N–H and O–H groups in total. The van der Waals surface area contributed by atoms with Gasteiger partial charge in [-0.25, -0.2) is 8.42 Å². The molecule has 0 bridgehead atoms. The van der Waals surface area contributed by atoms with Crippen LogP contribution in [0.2, 0.25) is 10.0 Å². The van der Waals surface area contributed by atoms with Gasteiger partial charge in [0.1, 0.15) is 18.3 Å². The van der Waals surface area contributed by atoms with Crippen molar-refractivity contribution in [2.45, 2.75) is 57.6 Å². The Morgan fingerprint density at radius 3 is 2.15 bits per heavy atom. The van der Waals surface area contributed by atoms with Crippen LogP contribution in [0.3, 0.4) is 0 Å². The molecule has 4 aromatic rings. The van der Waals surface area contributed by atoms with E-state index in [0.29, 0.717) is 28.0 Å². The highest BCUT2D eigenvalue weighted by Gasteiger charge is 2.35. The molecule has 0 spiro atoms. The topological polar surface area (TPSA) is 96.0 Å². The fourth-order valence-electron chi connectivity index (χ4n) is 5.01. The number of hydrogen-bond acceptors (Lipinski definition) is 5. The number of carbonyl (C=O) groups is 2. The van der Waals surface area contributed by atoms with Crippen LogP contribution in [0.1, 0.15) is 37.5 Å². The van der Waals surface area contributed by atoms with Gasteiger partial charge in [-0.2, -0.15) is 0 Å². The van der Waals surface area contributed by atoms with E-state index in [4.69, 9.17) is 27.9 Å². The zero-order chi connectivity index (χ0) is 34.1. The number of anilines is 1. The van der Waals surface area contributed by atoms with E-state index in [2.05, 4.69) is 5.32 Å². The van der Waals surface area contributed by atoms with Crippen LogP contribution >= 0.6 is 23.2 Å². The molecule has 1 atom stereocenters. The first-order valence-electron chi connectivity index (χ1n) is 15.3. The van der Waals surface area contributed by atoms with Crippen molar-refractivity contribution in [3.8, 4) is 5.75 Å². The summed E-state index contributed by atoms with van der Waals surface area (Å²) in [6, 6.07) is 26.0. The largest absolute Gasteiger partial charge is 0.494 e. The zero-order valence-electron chi connectivity index (χ0n) is 26.8. The Kier molecular flexibility index (Phi) is 12.3. The lowest BCUT2D eigenvalue weighted by atomic mass is 10.0. The van der Waals surface area contributed by atoms with Gasteiger partial charge in [0.05, 0.1) is 17.2 Å². The van der Waals surface area contributed by atoms with E-state index in [1.165, 1.54) is 17.0 Å². The SMILES string of the molecule is CCOc1ccc(N(CC(=O)N(Cc2ccc(Cl)cc2Cl)C(Cc2ccccc2)C(=O)NC(C)C)S(=O)(=O)c2ccc(C)cc2)cc1. The van der Waals surface area contributed by atoms with Crippen molar-refractivity contribution >= 4 is 50.7 Å². The highest BCUT2D eigenvalue weighted by atomic mass is 35.5. The van der Waals surface area contributed by atoms with E-state index in [9.17, 15) is 18.0 Å². The van der Waals surface area contributed by atoms with E-state index >= 15 is 0 Å². The number of hydrogen-bond donors (Lipinski definition) is 1. The quantitative estimate of drug-likeness (QED) is 0.152. The van der Waals surface area contributed by atoms with E-state index in [-0.39, 0.29) is 35.5 Å². The molecule has 248 valence electrons. The first-order valence-corrected chi connectivity index (χ1v) is 17.5. The van der Waals surface area contributed by atoms with Crippen molar-refractivity contribution < 1.29 is 22.7 Å². The molecule has 0 aromatic heterocycles. The molecule has 0 aliphatic rings. The third kappa shape index (κ3) is 9.50. The third-order valence-corrected chi connectivity index (χ3v) is 9.76. The number of sulfonamides is 1. The molecule has 0 aliphatic carbocycles. The summed E-state index contributed by atoms with van der Waals surface area (Å²) in [5.41, 5.74) is 2.53. The average Bonchev–Trinajstić information content (AvgIpc) is 3.03. The van der Waals surface area contributed by atoms with Crippen molar-refractivity contribution in [3.05, 3.63) is 124 Å². The number of rotatable bonds is 14. The van der Waals surface area contributed by atoms with Gasteiger partial charge < -0.3 is 15.0 Å². The Labute approximate surface area is 287 Å². The molecule has 47 heavy (non-hydrogen) atoms. The molecule has 0 saturated carbocycles. The van der Waals surface area contributed by atoms with Crippen LogP contribution in [-0.2, 0) is 32.6 Å². The Bertz CT molecular complexity index is 1770. The number of nitrogens with zero attached hydrogens (tertiary/aromatic N) is 2. The predicted molar refractivity (Wildman–Crippen MR) is 188 cm³/mol. The van der Waals surface area contributed by atoms with E-state index < -0.39 is 28.5 Å². The van der Waals surface area contributed by atoms with Crippen LogP contribution in [0.4, 0.5) is 5.69 Å². The molecule has 2 amide bonds. The van der Waals surface area contributed by atoms with Gasteiger partial charge in [-0.3, -0.25) is 13.9 Å². The maximum Gasteiger partial charge on any atom is 0.264 e. The van der Waals surface area contributed by atoms with Crippen LogP contribution in [0.15, 0.2) is 102 Å². The minimum absolute atomic E-state index is 0.0236. The highest BCUT2D eigenvalue weighted by molar-refractivity contribution is 7.92. The summed E-state index contributed by atoms with van der Waals surface area (Å²) in [7, 11) is -4.23. The lowest BCUT2D eigenvalue weighted by Gasteiger charge is -2.34. The predicted octanol–water partition coefficient (Wildman–Crippen LogP) is 7.06. The minimum atomic E-state index is -4.23. The van der Waals surface area contributed by atoms with Gasteiger partial charge in [0.25, 0.3) is 10.0 Å². The van der Waals surface area contributed by atoms with Crippen LogP contribution in [-0.4, -0.2) is 50.4 Å². The van der Waals surface area contributed by atoms with Gasteiger partial charge in [0, 0.05) is 29.1 Å². The summed E-state index contributed by atoms with van der Waals surface area (Å²) < 4.78 is 35.1. The van der Waals surface area contributed by atoms with Crippen LogP contribution in [0.5, 0.6) is 5.75 Å². The van der Waals surface area contributed by atoms with Gasteiger partial charge >= 0.3 is 0 Å². The van der Waals surface area contributed by atoms with Crippen molar-refractivity contribution in [1.29, 1.82) is 0 Å². The summed E-state index contributed by atoms with van der Waals surface area (Å²) >= 11 is 12.7. The maximum atomic E-state index is 14.6. The average molecular weight is 697 g/mol. The monoisotopic (exact) mass is 695 g/mol. The summed E-state index contributed by atoms with van der Waals surface area (Å²) in [5, 5.41) is 3.67. The lowest BCUT2D eigenvalue weighted by Crippen LogP contribution is -2.54. The Hall–Kier alpha value is -4.05. The van der Waals surface area contributed by atoms with Crippen LogP contribution < -0.4 is 14.4 Å². The third-order valence-electron chi connectivity index (χ3n) is 7.38. The summed E-state index contributed by atoms with van der Waals surface area (Å²) in [6.07, 6.45) is 0.185. The molecular formula is C36H39Cl2N3O5S. The maximum absolute atomic E-state index is 14.6. The molecule has 0 heterocycles. The molecule has 0 aliphatic heterocycles. The second kappa shape index (κ2) is 16.2. The molecule has 0 fully saturated rings. The summed E-state index contributed by atoms with van der Waals surface area (Å²) in [4.78, 5) is 29.8. The molecule has 1 unspecified atom stereocenters. The van der Waals surface area contributed by atoms with Crippen molar-refractivity contribution in [2.24, 2.45) is 0 Å². The van der Waals surface area contributed by atoms with Crippen molar-refractivity contribution in [2.75, 3.05) is 17.5 Å². The van der Waals surface area contributed by atoms with E-state index in [1.807, 2.05) is 58.0 Å². The summed E-state index contributed by atoms with van der Waals surface area (Å²) in [6.45, 7) is 7.16. The van der Waals surface area contributed by atoms with Gasteiger partial charge in [-0.05, 0) is 87.4 Å². The van der Waals surface area contributed by atoms with Crippen molar-refractivity contribution in [1.82, 2.24) is 10.2 Å². The number of halogens is 2. The normalized spacial score (nSPS) is 12.0. The van der Waals surface area contributed by atoms with Gasteiger partial charge in [0.2, 0.25) is 11.8 Å². The van der Waals surface area contributed by atoms with Gasteiger partial charge in [0.15, 0.2) is 0 Å². The molecular weight excluding hydrogens is 657 g/mol.